The molecule has 1 aromatic carbocycles. The summed E-state index contributed by atoms with van der Waals surface area (Å²) < 4.78 is 5.34. The Labute approximate surface area is 86.2 Å². The van der Waals surface area contributed by atoms with Crippen molar-refractivity contribution in [2.75, 3.05) is 5.32 Å². The summed E-state index contributed by atoms with van der Waals surface area (Å²) in [6.45, 7) is 0. The lowest BCUT2D eigenvalue weighted by Gasteiger charge is -2.24. The van der Waals surface area contributed by atoms with Crippen molar-refractivity contribution >= 4 is 17.5 Å². The van der Waals surface area contributed by atoms with Gasteiger partial charge >= 0.3 is 0 Å². The minimum atomic E-state index is -0.822. The average Bonchev–Trinajstić information content (AvgIpc) is 2.18. The summed E-state index contributed by atoms with van der Waals surface area (Å²) in [6, 6.07) is 7.03. The first-order chi connectivity index (χ1) is 7.16. The molecule has 0 bridgehead atoms. The summed E-state index contributed by atoms with van der Waals surface area (Å²) in [7, 11) is 0. The van der Waals surface area contributed by atoms with Gasteiger partial charge in [0.1, 0.15) is 5.75 Å². The third-order valence-corrected chi connectivity index (χ3v) is 2.09. The number of nitrogens with two attached hydrogens (primary N) is 1. The smallest absolute Gasteiger partial charge is 0.266 e. The van der Waals surface area contributed by atoms with Crippen LogP contribution in [-0.4, -0.2) is 17.9 Å². The van der Waals surface area contributed by atoms with Crippen LogP contribution in [-0.2, 0) is 9.59 Å². The van der Waals surface area contributed by atoms with Gasteiger partial charge in [-0.1, -0.05) is 12.1 Å². The lowest BCUT2D eigenvalue weighted by atomic mass is 10.1. The summed E-state index contributed by atoms with van der Waals surface area (Å²) in [4.78, 5) is 22.1. The molecule has 1 aliphatic heterocycles. The highest BCUT2D eigenvalue weighted by atomic mass is 16.5. The van der Waals surface area contributed by atoms with Gasteiger partial charge in [0.05, 0.1) is 12.1 Å². The van der Waals surface area contributed by atoms with E-state index in [1.807, 2.05) is 0 Å². The molecule has 5 nitrogen and oxygen atoms in total. The number of rotatable bonds is 2. The largest absolute Gasteiger partial charge is 0.478 e. The average molecular weight is 206 g/mol. The van der Waals surface area contributed by atoms with Gasteiger partial charge in [0.2, 0.25) is 5.91 Å². The Hall–Kier alpha value is -2.04. The van der Waals surface area contributed by atoms with Crippen molar-refractivity contribution < 1.29 is 14.3 Å². The maximum atomic E-state index is 11.4. The van der Waals surface area contributed by atoms with Crippen LogP contribution in [0.1, 0.15) is 6.42 Å². The van der Waals surface area contributed by atoms with Crippen LogP contribution < -0.4 is 15.8 Å². The molecule has 3 N–H and O–H groups in total. The van der Waals surface area contributed by atoms with E-state index in [4.69, 9.17) is 10.5 Å². The second-order valence-electron chi connectivity index (χ2n) is 3.26. The van der Waals surface area contributed by atoms with Crippen LogP contribution in [0.4, 0.5) is 5.69 Å². The van der Waals surface area contributed by atoms with Crippen LogP contribution in [0.5, 0.6) is 5.75 Å². The maximum Gasteiger partial charge on any atom is 0.266 e. The topological polar surface area (TPSA) is 81.4 Å². The number of hydrogen-bond donors (Lipinski definition) is 2. The molecule has 0 saturated carbocycles. The van der Waals surface area contributed by atoms with Crippen LogP contribution in [0.15, 0.2) is 24.3 Å². The van der Waals surface area contributed by atoms with Gasteiger partial charge < -0.3 is 15.8 Å². The van der Waals surface area contributed by atoms with Gasteiger partial charge in [-0.05, 0) is 12.1 Å². The maximum absolute atomic E-state index is 11.4. The molecule has 78 valence electrons. The Morgan fingerprint density at radius 2 is 2.20 bits per heavy atom. The Balaban J connectivity index is 2.22. The molecule has 0 aromatic heterocycles. The number of hydrogen-bond acceptors (Lipinski definition) is 3. The van der Waals surface area contributed by atoms with Gasteiger partial charge in [-0.2, -0.15) is 0 Å². The first-order valence-electron chi connectivity index (χ1n) is 4.51. The molecule has 0 spiro atoms. The van der Waals surface area contributed by atoms with Crippen LogP contribution in [0.3, 0.4) is 0 Å². The first kappa shape index (κ1) is 9.51. The van der Waals surface area contributed by atoms with Gasteiger partial charge in [-0.15, -0.1) is 0 Å². The molecule has 1 heterocycles. The molecule has 2 amide bonds. The fourth-order valence-corrected chi connectivity index (χ4v) is 1.41. The van der Waals surface area contributed by atoms with Crippen molar-refractivity contribution in [2.45, 2.75) is 12.5 Å². The van der Waals surface area contributed by atoms with Crippen molar-refractivity contribution in [1.29, 1.82) is 0 Å². The Morgan fingerprint density at radius 1 is 1.47 bits per heavy atom. The summed E-state index contributed by atoms with van der Waals surface area (Å²) in [6.07, 6.45) is -0.933. The van der Waals surface area contributed by atoms with Gasteiger partial charge in [-0.3, -0.25) is 9.59 Å². The highest BCUT2D eigenvalue weighted by molar-refractivity contribution is 5.99. The summed E-state index contributed by atoms with van der Waals surface area (Å²) in [5.41, 5.74) is 5.62. The number of amides is 2. The zero-order valence-corrected chi connectivity index (χ0v) is 7.90. The number of carbonyl (C=O) groups is 2. The van der Waals surface area contributed by atoms with E-state index < -0.39 is 12.0 Å². The standard InChI is InChI=1S/C10H10N2O3/c11-9(13)5-8-10(14)12-6-3-1-2-4-7(6)15-8/h1-4,8H,5H2,(H2,11,13)(H,12,14). The van der Waals surface area contributed by atoms with E-state index in [-0.39, 0.29) is 12.3 Å². The molecule has 1 unspecified atom stereocenters. The fourth-order valence-electron chi connectivity index (χ4n) is 1.41. The van der Waals surface area contributed by atoms with Crippen molar-refractivity contribution in [1.82, 2.24) is 0 Å². The lowest BCUT2D eigenvalue weighted by molar-refractivity contribution is -0.129. The number of para-hydroxylation sites is 2. The molecule has 2 rings (SSSR count). The molecule has 0 aliphatic carbocycles. The van der Waals surface area contributed by atoms with Crippen molar-refractivity contribution in [3.63, 3.8) is 0 Å². The molecular formula is C10H10N2O3. The van der Waals surface area contributed by atoms with Crippen molar-refractivity contribution in [2.24, 2.45) is 5.73 Å². The minimum Gasteiger partial charge on any atom is -0.478 e. The van der Waals surface area contributed by atoms with Crippen LogP contribution in [0.25, 0.3) is 0 Å². The normalized spacial score (nSPS) is 18.7. The van der Waals surface area contributed by atoms with Gasteiger partial charge in [0, 0.05) is 0 Å². The number of benzene rings is 1. The third-order valence-electron chi connectivity index (χ3n) is 2.09. The first-order valence-corrected chi connectivity index (χ1v) is 4.51. The molecule has 1 aliphatic rings. The number of nitrogens with one attached hydrogen (secondary N) is 1. The third kappa shape index (κ3) is 1.90. The lowest BCUT2D eigenvalue weighted by Crippen LogP contribution is -2.39. The zero-order valence-electron chi connectivity index (χ0n) is 7.90. The summed E-state index contributed by atoms with van der Waals surface area (Å²) in [5.74, 6) is -0.342. The minimum absolute atomic E-state index is 0.111. The molecular weight excluding hydrogens is 196 g/mol. The van der Waals surface area contributed by atoms with E-state index in [1.54, 1.807) is 24.3 Å². The predicted octanol–water partition coefficient (Wildman–Crippen LogP) is 0.261. The fraction of sp³-hybridized carbons (Fsp3) is 0.200. The monoisotopic (exact) mass is 206 g/mol. The molecule has 15 heavy (non-hydrogen) atoms. The number of fused-ring (bicyclic) bond motifs is 1. The predicted molar refractivity (Wildman–Crippen MR) is 53.3 cm³/mol. The van der Waals surface area contributed by atoms with Gasteiger partial charge in [0.25, 0.3) is 5.91 Å². The number of primary amides is 1. The molecule has 1 atom stereocenters. The quantitative estimate of drug-likeness (QED) is 0.728. The van der Waals surface area contributed by atoms with Crippen LogP contribution >= 0.6 is 0 Å². The highest BCUT2D eigenvalue weighted by Gasteiger charge is 2.28. The molecule has 5 heteroatoms. The van der Waals surface area contributed by atoms with Gasteiger partial charge in [-0.25, -0.2) is 0 Å². The molecule has 0 saturated heterocycles. The second-order valence-corrected chi connectivity index (χ2v) is 3.26. The highest BCUT2D eigenvalue weighted by Crippen LogP contribution is 2.29. The van der Waals surface area contributed by atoms with E-state index in [9.17, 15) is 9.59 Å². The van der Waals surface area contributed by atoms with Crippen LogP contribution in [0, 0.1) is 0 Å². The Kier molecular flexibility index (Phi) is 2.29. The summed E-state index contributed by atoms with van der Waals surface area (Å²) >= 11 is 0. The van der Waals surface area contributed by atoms with E-state index >= 15 is 0 Å². The van der Waals surface area contributed by atoms with Crippen LogP contribution in [0.2, 0.25) is 0 Å². The molecule has 1 aromatic rings. The van der Waals surface area contributed by atoms with E-state index in [2.05, 4.69) is 5.32 Å². The van der Waals surface area contributed by atoms with Gasteiger partial charge in [0.15, 0.2) is 6.10 Å². The Morgan fingerprint density at radius 3 is 2.93 bits per heavy atom. The Bertz CT molecular complexity index is 417. The molecule has 0 radical (unpaired) electrons. The SMILES string of the molecule is NC(=O)CC1Oc2ccccc2NC1=O. The molecule has 0 fully saturated rings. The van der Waals surface area contributed by atoms with E-state index in [0.717, 1.165) is 0 Å². The van der Waals surface area contributed by atoms with Crippen molar-refractivity contribution in [3.8, 4) is 5.75 Å². The number of carbonyl (C=O) groups excluding carboxylic acids is 2. The number of ether oxygens (including phenoxy) is 1. The van der Waals surface area contributed by atoms with E-state index in [0.29, 0.717) is 11.4 Å². The second kappa shape index (κ2) is 3.61. The van der Waals surface area contributed by atoms with Crippen molar-refractivity contribution in [3.05, 3.63) is 24.3 Å². The zero-order chi connectivity index (χ0) is 10.8. The van der Waals surface area contributed by atoms with E-state index in [1.165, 1.54) is 0 Å². The number of anilines is 1. The summed E-state index contributed by atoms with van der Waals surface area (Å²) in [5, 5.41) is 2.64.